The Hall–Kier alpha value is -2.62. The number of aliphatic hydroxyl groups excluding tert-OH is 3. The molecule has 0 radical (unpaired) electrons. The van der Waals surface area contributed by atoms with Crippen molar-refractivity contribution in [1.82, 2.24) is 5.32 Å². The number of carbonyl (C=O) groups is 2. The molecule has 18 atom stereocenters. The molecule has 9 fully saturated rings. The van der Waals surface area contributed by atoms with Crippen LogP contribution in [-0.4, -0.2) is 90.8 Å². The summed E-state index contributed by atoms with van der Waals surface area (Å²) >= 11 is 0. The van der Waals surface area contributed by atoms with Gasteiger partial charge in [0.05, 0.1) is 30.0 Å². The highest BCUT2D eigenvalue weighted by molar-refractivity contribution is 5.86. The summed E-state index contributed by atoms with van der Waals surface area (Å²) in [6.07, 6.45) is 15.9. The molecule has 10 nitrogen and oxygen atoms in total. The number of fused-ring (bicyclic) bond motifs is 8. The van der Waals surface area contributed by atoms with Gasteiger partial charge in [-0.2, -0.15) is 0 Å². The van der Waals surface area contributed by atoms with Gasteiger partial charge >= 0.3 is 5.97 Å². The number of esters is 1. The second-order valence-corrected chi connectivity index (χ2v) is 24.6. The maximum absolute atomic E-state index is 15.1. The molecule has 0 unspecified atom stereocenters. The second-order valence-electron chi connectivity index (χ2n) is 24.6. The normalized spacial score (nSPS) is 50.3. The predicted molar refractivity (Wildman–Crippen MR) is 246 cm³/mol. The molecule has 12 rings (SSSR count). The first-order chi connectivity index (χ1) is 31.8. The molecule has 1 aromatic rings. The first-order valence-electron chi connectivity index (χ1n) is 26.6. The molecule has 66 heavy (non-hydrogen) atoms. The fraction of sp³-hybridized carbons (Fsp3) is 0.786. The standard InChI is InChI=1S/C56H75NO9/c1-33(34-11-2-3-12-34)36-16-17-41-48(61)52(23-10-21-50(52)19-8-9-20-50)30-53(31-58)44-18-24-51-22-7-6-14-35-13-4-5-15-37(35)27-43(57-32-59)39-25-38(46(51)40-28-45(60)66-47(39)40)29-54(51,63)56(44,65)49(62)42(26-36)55(41,53)64/h4-5,13,15,28,31,33-34,36,38-39,41-44,46-49,57,59,61-65H,2-3,7-12,16-27,29-30,32H2,1H3/t33-,36+,38+,39+,41+,42-,43-,44-,46-,47-,48-,49+,51-,52+,53+,54-,55-,56-/m1/s1. The van der Waals surface area contributed by atoms with E-state index >= 15 is 4.79 Å². The first-order valence-corrected chi connectivity index (χ1v) is 26.6. The van der Waals surface area contributed by atoms with Crippen LogP contribution in [0.15, 0.2) is 35.9 Å². The lowest BCUT2D eigenvalue weighted by atomic mass is 9.31. The van der Waals surface area contributed by atoms with Crippen LogP contribution in [-0.2, 0) is 20.7 Å². The minimum atomic E-state index is -2.21. The van der Waals surface area contributed by atoms with Crippen LogP contribution in [0.2, 0.25) is 0 Å². The van der Waals surface area contributed by atoms with Gasteiger partial charge in [-0.25, -0.2) is 4.79 Å². The summed E-state index contributed by atoms with van der Waals surface area (Å²) < 4.78 is 6.28. The smallest absolute Gasteiger partial charge is 0.331 e. The van der Waals surface area contributed by atoms with E-state index in [0.29, 0.717) is 63.2 Å². The first kappa shape index (κ1) is 44.6. The van der Waals surface area contributed by atoms with E-state index < -0.39 is 75.1 Å². The molecule has 9 saturated carbocycles. The van der Waals surface area contributed by atoms with Crippen LogP contribution in [0, 0.1) is 86.8 Å². The van der Waals surface area contributed by atoms with Crippen molar-refractivity contribution in [3.8, 4) is 11.8 Å². The quantitative estimate of drug-likeness (QED) is 0.0770. The minimum Gasteiger partial charge on any atom is -0.454 e. The molecule has 0 saturated heterocycles. The number of carbonyl (C=O) groups excluding carboxylic acids is 2. The number of aldehydes is 1. The highest BCUT2D eigenvalue weighted by Gasteiger charge is 2.87. The molecule has 0 amide bonds. The number of ether oxygens (including phenoxy) is 1. The molecular weight excluding hydrogens is 831 g/mol. The number of nitrogens with one attached hydrogen (secondary N) is 1. The van der Waals surface area contributed by atoms with Crippen molar-refractivity contribution >= 4 is 12.3 Å². The number of aliphatic hydroxyl groups is 6. The number of hydrogen-bond acceptors (Lipinski definition) is 10. The maximum atomic E-state index is 15.1. The monoisotopic (exact) mass is 906 g/mol. The van der Waals surface area contributed by atoms with E-state index in [1.54, 1.807) is 6.08 Å². The number of hydrogen-bond donors (Lipinski definition) is 7. The van der Waals surface area contributed by atoms with Crippen LogP contribution in [0.4, 0.5) is 0 Å². The lowest BCUT2D eigenvalue weighted by molar-refractivity contribution is -0.387. The van der Waals surface area contributed by atoms with Gasteiger partial charge < -0.3 is 40.2 Å². The SMILES string of the molecule is C[C@H](C1CCCC1)[C@H]1CC[C@H]2[C@@H](O)[C@]3(CCCC34CCCC4)C[C@]3(C=O)[C@H]4CC[C@@]56CCC#Cc7ccccc7C[C@@H](NCO)[C@@H]7C[C@@H](C[C@]5(O)[C@]4(O)[C@@H](O)[C@@H](C1)[C@]23O)[C@@H]6C1=CC(=O)O[C@@H]17. The van der Waals surface area contributed by atoms with Crippen LogP contribution >= 0.6 is 0 Å². The van der Waals surface area contributed by atoms with Crippen molar-refractivity contribution in [2.24, 2.45) is 74.9 Å². The molecule has 3 spiro atoms. The van der Waals surface area contributed by atoms with E-state index in [-0.39, 0.29) is 54.7 Å². The van der Waals surface area contributed by atoms with Crippen LogP contribution in [0.3, 0.4) is 0 Å². The van der Waals surface area contributed by atoms with Gasteiger partial charge in [-0.05, 0) is 142 Å². The Bertz CT molecular complexity index is 2220. The van der Waals surface area contributed by atoms with E-state index in [4.69, 9.17) is 4.74 Å². The van der Waals surface area contributed by atoms with E-state index in [0.717, 1.165) is 87.2 Å². The van der Waals surface area contributed by atoms with Gasteiger partial charge in [-0.15, -0.1) is 0 Å². The summed E-state index contributed by atoms with van der Waals surface area (Å²) in [6, 6.07) is 7.75. The van der Waals surface area contributed by atoms with Gasteiger partial charge in [-0.1, -0.05) is 81.9 Å². The third kappa shape index (κ3) is 5.46. The third-order valence-electron chi connectivity index (χ3n) is 23.2. The van der Waals surface area contributed by atoms with E-state index in [1.165, 1.54) is 12.8 Å². The van der Waals surface area contributed by atoms with E-state index in [1.807, 2.05) is 18.2 Å². The molecule has 1 aromatic carbocycles. The summed E-state index contributed by atoms with van der Waals surface area (Å²) in [6.45, 7) is 2.06. The molecule has 7 N–H and O–H groups in total. The molecule has 0 aromatic heterocycles. The van der Waals surface area contributed by atoms with Crippen LogP contribution < -0.4 is 5.32 Å². The maximum Gasteiger partial charge on any atom is 0.331 e. The van der Waals surface area contributed by atoms with E-state index in [2.05, 4.69) is 30.1 Å². The lowest BCUT2D eigenvalue weighted by Gasteiger charge is -2.75. The molecule has 4 bridgehead atoms. The van der Waals surface area contributed by atoms with Crippen molar-refractivity contribution in [1.29, 1.82) is 0 Å². The van der Waals surface area contributed by atoms with Crippen molar-refractivity contribution < 1.29 is 45.0 Å². The van der Waals surface area contributed by atoms with Crippen LogP contribution in [0.1, 0.15) is 153 Å². The van der Waals surface area contributed by atoms with Gasteiger partial charge in [0.15, 0.2) is 0 Å². The lowest BCUT2D eigenvalue weighted by Crippen LogP contribution is -2.86. The number of rotatable bonds is 5. The fourth-order valence-corrected chi connectivity index (χ4v) is 20.7. The Morgan fingerprint density at radius 3 is 2.39 bits per heavy atom. The summed E-state index contributed by atoms with van der Waals surface area (Å²) in [5.41, 5.74) is -6.59. The van der Waals surface area contributed by atoms with Gasteiger partial charge in [0.2, 0.25) is 0 Å². The predicted octanol–water partition coefficient (Wildman–Crippen LogP) is 6.29. The third-order valence-corrected chi connectivity index (χ3v) is 23.2. The molecule has 11 aliphatic rings. The summed E-state index contributed by atoms with van der Waals surface area (Å²) in [7, 11) is 0. The van der Waals surface area contributed by atoms with E-state index in [9.17, 15) is 35.4 Å². The van der Waals surface area contributed by atoms with Crippen LogP contribution in [0.5, 0.6) is 0 Å². The second kappa shape index (κ2) is 15.4. The zero-order chi connectivity index (χ0) is 45.6. The fourth-order valence-electron chi connectivity index (χ4n) is 20.7. The van der Waals surface area contributed by atoms with Gasteiger partial charge in [0.25, 0.3) is 0 Å². The average Bonchev–Trinajstić information content (AvgIpc) is 4.16. The van der Waals surface area contributed by atoms with Crippen molar-refractivity contribution in [2.75, 3.05) is 6.73 Å². The van der Waals surface area contributed by atoms with Gasteiger partial charge in [0, 0.05) is 58.6 Å². The molecular formula is C56H75NO9. The minimum absolute atomic E-state index is 0.0983. The van der Waals surface area contributed by atoms with Crippen molar-refractivity contribution in [3.05, 3.63) is 47.0 Å². The Labute approximate surface area is 391 Å². The summed E-state index contributed by atoms with van der Waals surface area (Å²) in [4.78, 5) is 28.7. The van der Waals surface area contributed by atoms with Crippen molar-refractivity contribution in [3.63, 3.8) is 0 Å². The zero-order valence-electron chi connectivity index (χ0n) is 39.1. The van der Waals surface area contributed by atoms with Crippen molar-refractivity contribution in [2.45, 2.75) is 189 Å². The molecule has 10 heteroatoms. The van der Waals surface area contributed by atoms with Gasteiger partial charge in [-0.3, -0.25) is 5.32 Å². The van der Waals surface area contributed by atoms with Crippen LogP contribution in [0.25, 0.3) is 0 Å². The average molecular weight is 906 g/mol. The molecule has 10 aliphatic carbocycles. The molecule has 358 valence electrons. The van der Waals surface area contributed by atoms with Gasteiger partial charge in [0.1, 0.15) is 23.6 Å². The highest BCUT2D eigenvalue weighted by Crippen LogP contribution is 2.81. The Morgan fingerprint density at radius 1 is 0.848 bits per heavy atom. The zero-order valence-corrected chi connectivity index (χ0v) is 39.1. The summed E-state index contributed by atoms with van der Waals surface area (Å²) in [5, 5.41) is 84.2. The highest BCUT2D eigenvalue weighted by atomic mass is 16.5. The molecule has 1 aliphatic heterocycles. The topological polar surface area (TPSA) is 177 Å². The molecule has 1 heterocycles. The largest absolute Gasteiger partial charge is 0.454 e. The Balaban J connectivity index is 1.05. The Kier molecular flexibility index (Phi) is 10.4. The Morgan fingerprint density at radius 2 is 1.62 bits per heavy atom. The number of benzene rings is 1. The summed E-state index contributed by atoms with van der Waals surface area (Å²) in [5.74, 6) is 3.98.